The quantitative estimate of drug-likeness (QED) is 0.918. The van der Waals surface area contributed by atoms with E-state index >= 15 is 0 Å². The van der Waals surface area contributed by atoms with Gasteiger partial charge in [0.05, 0.1) is 5.69 Å². The molecule has 0 bridgehead atoms. The van der Waals surface area contributed by atoms with Gasteiger partial charge in [-0.25, -0.2) is 4.98 Å². The number of imidazole rings is 1. The van der Waals surface area contributed by atoms with Crippen molar-refractivity contribution in [2.75, 3.05) is 7.05 Å². The second-order valence-electron chi connectivity index (χ2n) is 5.32. The maximum Gasteiger partial charge on any atom is 0.193 e. The Hall–Kier alpha value is -0.870. The minimum absolute atomic E-state index is 0.593. The number of nitrogens with zero attached hydrogens (tertiary/aromatic N) is 2. The minimum Gasteiger partial charge on any atom is -0.316 e. The molecule has 0 aliphatic heterocycles. The maximum atomic E-state index is 4.70. The van der Waals surface area contributed by atoms with Crippen LogP contribution in [0.25, 0.3) is 4.96 Å². The lowest BCUT2D eigenvalue weighted by atomic mass is 9.82. The smallest absolute Gasteiger partial charge is 0.193 e. The van der Waals surface area contributed by atoms with Gasteiger partial charge in [-0.05, 0) is 25.8 Å². The van der Waals surface area contributed by atoms with Crippen LogP contribution in [0.2, 0.25) is 0 Å². The number of aromatic nitrogens is 2. The van der Waals surface area contributed by atoms with Crippen molar-refractivity contribution in [3.8, 4) is 0 Å². The van der Waals surface area contributed by atoms with Crippen LogP contribution in [-0.2, 0) is 6.42 Å². The Morgan fingerprint density at radius 2 is 2.28 bits per heavy atom. The van der Waals surface area contributed by atoms with Crippen LogP contribution >= 0.6 is 11.3 Å². The molecule has 2 aromatic rings. The van der Waals surface area contributed by atoms with Gasteiger partial charge in [0.1, 0.15) is 0 Å². The van der Waals surface area contributed by atoms with Gasteiger partial charge in [0.2, 0.25) is 0 Å². The molecule has 0 radical (unpaired) electrons. The fraction of sp³-hybridized carbons (Fsp3) is 0.643. The van der Waals surface area contributed by atoms with E-state index in [2.05, 4.69) is 34.5 Å². The van der Waals surface area contributed by atoms with Gasteiger partial charge >= 0.3 is 0 Å². The molecule has 1 aliphatic carbocycles. The van der Waals surface area contributed by atoms with Crippen LogP contribution in [0.4, 0.5) is 0 Å². The zero-order valence-corrected chi connectivity index (χ0v) is 11.7. The van der Waals surface area contributed by atoms with Crippen LogP contribution in [0, 0.1) is 5.92 Å². The summed E-state index contributed by atoms with van der Waals surface area (Å²) in [6.45, 7) is 0. The molecule has 1 N–H and O–H groups in total. The average Bonchev–Trinajstić information content (AvgIpc) is 2.97. The van der Waals surface area contributed by atoms with E-state index in [0.29, 0.717) is 6.04 Å². The molecule has 3 nitrogen and oxygen atoms in total. The predicted octanol–water partition coefficient (Wildman–Crippen LogP) is 3.11. The molecule has 1 unspecified atom stereocenters. The van der Waals surface area contributed by atoms with E-state index in [4.69, 9.17) is 4.98 Å². The second kappa shape index (κ2) is 5.41. The van der Waals surface area contributed by atoms with E-state index in [9.17, 15) is 0 Å². The van der Waals surface area contributed by atoms with Crippen molar-refractivity contribution in [3.63, 3.8) is 0 Å². The highest BCUT2D eigenvalue weighted by Crippen LogP contribution is 2.28. The summed E-state index contributed by atoms with van der Waals surface area (Å²) in [7, 11) is 2.09. The Kier molecular flexibility index (Phi) is 3.66. The number of thiazole rings is 1. The summed E-state index contributed by atoms with van der Waals surface area (Å²) in [5, 5.41) is 5.60. The molecule has 2 heterocycles. The van der Waals surface area contributed by atoms with Crippen LogP contribution in [-0.4, -0.2) is 22.5 Å². The molecule has 0 spiro atoms. The molecular weight excluding hydrogens is 242 g/mol. The molecule has 0 saturated heterocycles. The molecule has 18 heavy (non-hydrogen) atoms. The van der Waals surface area contributed by atoms with Crippen molar-refractivity contribution >= 4 is 16.3 Å². The summed E-state index contributed by atoms with van der Waals surface area (Å²) in [5.41, 5.74) is 1.23. The predicted molar refractivity (Wildman–Crippen MR) is 76.2 cm³/mol. The number of fused-ring (bicyclic) bond motifs is 1. The van der Waals surface area contributed by atoms with Gasteiger partial charge in [0.15, 0.2) is 4.96 Å². The van der Waals surface area contributed by atoms with Crippen molar-refractivity contribution in [1.29, 1.82) is 0 Å². The third-order valence-corrected chi connectivity index (χ3v) is 4.93. The fourth-order valence-electron chi connectivity index (χ4n) is 3.14. The van der Waals surface area contributed by atoms with Gasteiger partial charge in [-0.2, -0.15) is 0 Å². The summed E-state index contributed by atoms with van der Waals surface area (Å²) in [5.74, 6) is 0.837. The summed E-state index contributed by atoms with van der Waals surface area (Å²) in [4.78, 5) is 5.81. The van der Waals surface area contributed by atoms with Gasteiger partial charge in [-0.1, -0.05) is 19.3 Å². The largest absolute Gasteiger partial charge is 0.316 e. The number of hydrogen-bond acceptors (Lipinski definition) is 3. The van der Waals surface area contributed by atoms with Gasteiger partial charge < -0.3 is 5.32 Å². The first-order valence-electron chi connectivity index (χ1n) is 6.95. The topological polar surface area (TPSA) is 29.3 Å². The first-order valence-corrected chi connectivity index (χ1v) is 7.83. The van der Waals surface area contributed by atoms with E-state index in [1.807, 2.05) is 0 Å². The first-order chi connectivity index (χ1) is 8.86. The Bertz CT molecular complexity index is 467. The zero-order valence-electron chi connectivity index (χ0n) is 10.9. The standard InChI is InChI=1S/C14H21N3S/c1-15-13(11-5-3-2-4-6-11)9-12-10-17-7-8-18-14(17)16-12/h7-8,10-11,13,15H,2-6,9H2,1H3. The van der Waals surface area contributed by atoms with E-state index in [-0.39, 0.29) is 0 Å². The van der Waals surface area contributed by atoms with E-state index in [0.717, 1.165) is 17.3 Å². The normalized spacial score (nSPS) is 19.4. The number of rotatable bonds is 4. The lowest BCUT2D eigenvalue weighted by Gasteiger charge is -2.29. The van der Waals surface area contributed by atoms with Gasteiger partial charge in [0, 0.05) is 30.2 Å². The summed E-state index contributed by atoms with van der Waals surface area (Å²) < 4.78 is 2.13. The summed E-state index contributed by atoms with van der Waals surface area (Å²) in [6, 6.07) is 0.593. The van der Waals surface area contributed by atoms with Crippen molar-refractivity contribution in [3.05, 3.63) is 23.5 Å². The molecule has 1 fully saturated rings. The lowest BCUT2D eigenvalue weighted by Crippen LogP contribution is -2.36. The SMILES string of the molecule is CNC(Cc1cn2ccsc2n1)C1CCCCC1. The molecule has 98 valence electrons. The third kappa shape index (κ3) is 2.45. The van der Waals surface area contributed by atoms with Crippen LogP contribution in [0.5, 0.6) is 0 Å². The maximum absolute atomic E-state index is 4.70. The van der Waals surface area contributed by atoms with Gasteiger partial charge in [-0.3, -0.25) is 4.40 Å². The molecular formula is C14H21N3S. The van der Waals surface area contributed by atoms with E-state index < -0.39 is 0 Å². The fourth-order valence-corrected chi connectivity index (χ4v) is 3.86. The van der Waals surface area contributed by atoms with Crippen molar-refractivity contribution < 1.29 is 0 Å². The van der Waals surface area contributed by atoms with E-state index in [1.54, 1.807) is 11.3 Å². The molecule has 0 aromatic carbocycles. The first kappa shape index (κ1) is 12.2. The average molecular weight is 263 g/mol. The highest BCUT2D eigenvalue weighted by atomic mass is 32.1. The Morgan fingerprint density at radius 1 is 1.44 bits per heavy atom. The van der Waals surface area contributed by atoms with Gasteiger partial charge in [0.25, 0.3) is 0 Å². The molecule has 3 rings (SSSR count). The molecule has 1 atom stereocenters. The van der Waals surface area contributed by atoms with Crippen LogP contribution in [0.3, 0.4) is 0 Å². The monoisotopic (exact) mass is 263 g/mol. The van der Waals surface area contributed by atoms with Crippen molar-refractivity contribution in [1.82, 2.24) is 14.7 Å². The molecule has 2 aromatic heterocycles. The van der Waals surface area contributed by atoms with Gasteiger partial charge in [-0.15, -0.1) is 11.3 Å². The summed E-state index contributed by atoms with van der Waals surface area (Å²) in [6.07, 6.45) is 12.3. The number of likely N-dealkylation sites (N-methyl/N-ethyl adjacent to an activating group) is 1. The van der Waals surface area contributed by atoms with Crippen LogP contribution < -0.4 is 5.32 Å². The number of nitrogens with one attached hydrogen (secondary N) is 1. The highest BCUT2D eigenvalue weighted by molar-refractivity contribution is 7.15. The third-order valence-electron chi connectivity index (χ3n) is 4.16. The Balaban J connectivity index is 1.70. The van der Waals surface area contributed by atoms with Crippen LogP contribution in [0.1, 0.15) is 37.8 Å². The highest BCUT2D eigenvalue weighted by Gasteiger charge is 2.23. The molecule has 1 aliphatic rings. The summed E-state index contributed by atoms with van der Waals surface area (Å²) >= 11 is 1.71. The molecule has 0 amide bonds. The van der Waals surface area contributed by atoms with Crippen molar-refractivity contribution in [2.45, 2.75) is 44.6 Å². The molecule has 1 saturated carbocycles. The second-order valence-corrected chi connectivity index (χ2v) is 6.20. The Morgan fingerprint density at radius 3 is 3.00 bits per heavy atom. The number of hydrogen-bond donors (Lipinski definition) is 1. The van der Waals surface area contributed by atoms with Crippen LogP contribution in [0.15, 0.2) is 17.8 Å². The zero-order chi connectivity index (χ0) is 12.4. The van der Waals surface area contributed by atoms with Crippen molar-refractivity contribution in [2.24, 2.45) is 5.92 Å². The minimum atomic E-state index is 0.593. The Labute approximate surface area is 112 Å². The lowest BCUT2D eigenvalue weighted by molar-refractivity contribution is 0.276. The molecule has 4 heteroatoms. The van der Waals surface area contributed by atoms with E-state index in [1.165, 1.54) is 37.8 Å².